The number of aromatic nitrogens is 1. The first-order valence-corrected chi connectivity index (χ1v) is 12.6. The second-order valence-corrected chi connectivity index (χ2v) is 10.1. The molecule has 0 bridgehead atoms. The van der Waals surface area contributed by atoms with Crippen molar-refractivity contribution in [2.24, 2.45) is 5.92 Å². The molecule has 3 heterocycles. The van der Waals surface area contributed by atoms with E-state index in [2.05, 4.69) is 29.0 Å². The van der Waals surface area contributed by atoms with Crippen LogP contribution in [0.5, 0.6) is 5.75 Å². The van der Waals surface area contributed by atoms with Crippen LogP contribution in [-0.4, -0.2) is 61.2 Å². The maximum atomic E-state index is 12.8. The van der Waals surface area contributed by atoms with Gasteiger partial charge in [0.2, 0.25) is 5.91 Å². The molecule has 2 aromatic rings. The summed E-state index contributed by atoms with van der Waals surface area (Å²) in [6.45, 7) is 8.24. The number of hydrogen-bond acceptors (Lipinski definition) is 6. The van der Waals surface area contributed by atoms with Crippen LogP contribution in [0.2, 0.25) is 0 Å². The fourth-order valence-corrected chi connectivity index (χ4v) is 6.08. The van der Waals surface area contributed by atoms with Crippen molar-refractivity contribution in [2.75, 3.05) is 38.2 Å². The topological polar surface area (TPSA) is 57.7 Å². The number of amides is 1. The monoisotopic (exact) mass is 444 g/mol. The molecule has 2 saturated heterocycles. The molecule has 1 aromatic heterocycles. The molecule has 2 aliphatic heterocycles. The molecule has 7 heteroatoms. The van der Waals surface area contributed by atoms with Crippen molar-refractivity contribution in [1.82, 2.24) is 15.2 Å². The van der Waals surface area contributed by atoms with E-state index in [4.69, 9.17) is 9.72 Å². The van der Waals surface area contributed by atoms with Crippen molar-refractivity contribution in [3.63, 3.8) is 0 Å². The molecule has 31 heavy (non-hydrogen) atoms. The van der Waals surface area contributed by atoms with Crippen LogP contribution in [0.25, 0.3) is 10.2 Å². The van der Waals surface area contributed by atoms with Crippen molar-refractivity contribution in [3.8, 4) is 5.75 Å². The first-order chi connectivity index (χ1) is 15.0. The van der Waals surface area contributed by atoms with E-state index in [-0.39, 0.29) is 11.8 Å². The van der Waals surface area contributed by atoms with Gasteiger partial charge in [-0.1, -0.05) is 17.8 Å². The molecule has 0 saturated carbocycles. The zero-order valence-corrected chi connectivity index (χ0v) is 19.9. The number of nitrogens with one attached hydrogen (secondary N) is 1. The first-order valence-electron chi connectivity index (χ1n) is 11.8. The summed E-state index contributed by atoms with van der Waals surface area (Å²) < 4.78 is 6.46. The predicted molar refractivity (Wildman–Crippen MR) is 128 cm³/mol. The number of rotatable bonds is 7. The van der Waals surface area contributed by atoms with Crippen LogP contribution in [0, 0.1) is 5.92 Å². The summed E-state index contributed by atoms with van der Waals surface area (Å²) in [7, 11) is 1.69. The highest BCUT2D eigenvalue weighted by molar-refractivity contribution is 7.22. The van der Waals surface area contributed by atoms with Crippen LogP contribution in [0.1, 0.15) is 52.4 Å². The number of piperidine rings is 2. The number of nitrogens with zero attached hydrogens (tertiary/aromatic N) is 3. The van der Waals surface area contributed by atoms with E-state index in [9.17, 15) is 4.79 Å². The molecule has 0 spiro atoms. The van der Waals surface area contributed by atoms with Gasteiger partial charge in [-0.05, 0) is 64.2 Å². The lowest BCUT2D eigenvalue weighted by Crippen LogP contribution is -2.46. The van der Waals surface area contributed by atoms with Gasteiger partial charge in [0.25, 0.3) is 0 Å². The summed E-state index contributed by atoms with van der Waals surface area (Å²) in [6.07, 6.45) is 6.95. The lowest BCUT2D eigenvalue weighted by atomic mass is 9.97. The van der Waals surface area contributed by atoms with Gasteiger partial charge in [-0.3, -0.25) is 9.69 Å². The average molecular weight is 445 g/mol. The Hall–Kier alpha value is -1.86. The quantitative estimate of drug-likeness (QED) is 0.646. The highest BCUT2D eigenvalue weighted by Gasteiger charge is 2.28. The molecule has 1 amide bonds. The van der Waals surface area contributed by atoms with E-state index >= 15 is 0 Å². The lowest BCUT2D eigenvalue weighted by Gasteiger charge is -2.39. The van der Waals surface area contributed by atoms with Gasteiger partial charge in [-0.2, -0.15) is 0 Å². The molecule has 3 atom stereocenters. The largest absolute Gasteiger partial charge is 0.497 e. The van der Waals surface area contributed by atoms with E-state index in [0.717, 1.165) is 66.5 Å². The SMILES string of the molecule is COc1ccc2nc(N3CCC[C@@H](C(=O)NCCCN4[C@H](C)CCC[C@H]4C)C3)sc2c1. The highest BCUT2D eigenvalue weighted by atomic mass is 32.1. The van der Waals surface area contributed by atoms with Gasteiger partial charge in [0, 0.05) is 38.3 Å². The second-order valence-electron chi connectivity index (χ2n) is 9.13. The fourth-order valence-electron chi connectivity index (χ4n) is 5.05. The van der Waals surface area contributed by atoms with Crippen molar-refractivity contribution < 1.29 is 9.53 Å². The third kappa shape index (κ3) is 5.32. The van der Waals surface area contributed by atoms with Gasteiger partial charge in [0.05, 0.1) is 23.2 Å². The lowest BCUT2D eigenvalue weighted by molar-refractivity contribution is -0.125. The minimum absolute atomic E-state index is 0.0446. The number of likely N-dealkylation sites (tertiary alicyclic amines) is 1. The Kier molecular flexibility index (Phi) is 7.33. The number of methoxy groups -OCH3 is 1. The number of anilines is 1. The third-order valence-electron chi connectivity index (χ3n) is 6.92. The smallest absolute Gasteiger partial charge is 0.224 e. The maximum absolute atomic E-state index is 12.8. The molecule has 6 nitrogen and oxygen atoms in total. The number of ether oxygens (including phenoxy) is 1. The molecule has 2 aliphatic rings. The first kappa shape index (κ1) is 22.3. The molecule has 0 aliphatic carbocycles. The van der Waals surface area contributed by atoms with Gasteiger partial charge >= 0.3 is 0 Å². The van der Waals surface area contributed by atoms with Crippen molar-refractivity contribution in [1.29, 1.82) is 0 Å². The maximum Gasteiger partial charge on any atom is 0.224 e. The number of thiazole rings is 1. The minimum atomic E-state index is 0.0446. The minimum Gasteiger partial charge on any atom is -0.497 e. The highest BCUT2D eigenvalue weighted by Crippen LogP contribution is 2.33. The summed E-state index contributed by atoms with van der Waals surface area (Å²) in [5.74, 6) is 1.10. The van der Waals surface area contributed by atoms with Gasteiger partial charge in [-0.25, -0.2) is 4.98 Å². The summed E-state index contributed by atoms with van der Waals surface area (Å²) in [4.78, 5) is 22.5. The summed E-state index contributed by atoms with van der Waals surface area (Å²) in [5.41, 5.74) is 0.994. The van der Waals surface area contributed by atoms with E-state index in [1.54, 1.807) is 18.4 Å². The van der Waals surface area contributed by atoms with Gasteiger partial charge in [0.15, 0.2) is 5.13 Å². The number of hydrogen-bond donors (Lipinski definition) is 1. The van der Waals surface area contributed by atoms with Gasteiger partial charge in [0.1, 0.15) is 5.75 Å². The number of fused-ring (bicyclic) bond motifs is 1. The Bertz CT molecular complexity index is 876. The van der Waals surface area contributed by atoms with Crippen LogP contribution >= 0.6 is 11.3 Å². The summed E-state index contributed by atoms with van der Waals surface area (Å²) in [6, 6.07) is 7.32. The number of carbonyl (C=O) groups is 1. The second kappa shape index (κ2) is 10.2. The molecule has 2 fully saturated rings. The zero-order chi connectivity index (χ0) is 21.8. The number of benzene rings is 1. The van der Waals surface area contributed by atoms with Crippen LogP contribution in [-0.2, 0) is 4.79 Å². The predicted octanol–water partition coefficient (Wildman–Crippen LogP) is 4.29. The Morgan fingerprint density at radius 3 is 2.81 bits per heavy atom. The molecule has 1 N–H and O–H groups in total. The Labute approximate surface area is 190 Å². The van der Waals surface area contributed by atoms with Crippen LogP contribution in [0.15, 0.2) is 18.2 Å². The zero-order valence-electron chi connectivity index (χ0n) is 19.1. The van der Waals surface area contributed by atoms with E-state index < -0.39 is 0 Å². The summed E-state index contributed by atoms with van der Waals surface area (Å²) >= 11 is 1.68. The van der Waals surface area contributed by atoms with Gasteiger partial charge in [-0.15, -0.1) is 0 Å². The standard InChI is InChI=1S/C24H36N4O2S/c1-17-7-4-8-18(2)28(17)14-6-12-25-23(29)19-9-5-13-27(16-19)24-26-21-11-10-20(30-3)15-22(21)31-24/h10-11,15,17-19H,4-9,12-14,16H2,1-3H3,(H,25,29)/t17-,18-,19-/m1/s1. The van der Waals surface area contributed by atoms with Crippen LogP contribution in [0.4, 0.5) is 5.13 Å². The number of carbonyl (C=O) groups excluding carboxylic acids is 1. The average Bonchev–Trinajstić information content (AvgIpc) is 3.21. The summed E-state index contributed by atoms with van der Waals surface area (Å²) in [5, 5.41) is 4.22. The van der Waals surface area contributed by atoms with Gasteiger partial charge < -0.3 is 15.0 Å². The molecular weight excluding hydrogens is 408 g/mol. The molecule has 0 unspecified atom stereocenters. The van der Waals surface area contributed by atoms with E-state index in [1.807, 2.05) is 18.2 Å². The van der Waals surface area contributed by atoms with E-state index in [0.29, 0.717) is 12.1 Å². The Balaban J connectivity index is 1.27. The van der Waals surface area contributed by atoms with E-state index in [1.165, 1.54) is 19.3 Å². The normalized spacial score (nSPS) is 25.0. The molecule has 0 radical (unpaired) electrons. The molecule has 170 valence electrons. The van der Waals surface area contributed by atoms with Crippen molar-refractivity contribution in [2.45, 2.75) is 64.5 Å². The van der Waals surface area contributed by atoms with Crippen LogP contribution < -0.4 is 15.0 Å². The van der Waals surface area contributed by atoms with Crippen molar-refractivity contribution >= 4 is 32.6 Å². The molecule has 1 aromatic carbocycles. The Morgan fingerprint density at radius 1 is 1.23 bits per heavy atom. The third-order valence-corrected chi connectivity index (χ3v) is 7.99. The van der Waals surface area contributed by atoms with Crippen molar-refractivity contribution in [3.05, 3.63) is 18.2 Å². The Morgan fingerprint density at radius 2 is 2.03 bits per heavy atom. The molecular formula is C24H36N4O2S. The fraction of sp³-hybridized carbons (Fsp3) is 0.667. The van der Waals surface area contributed by atoms with Crippen LogP contribution in [0.3, 0.4) is 0 Å². The molecule has 4 rings (SSSR count).